The van der Waals surface area contributed by atoms with E-state index in [-0.39, 0.29) is 11.3 Å². The summed E-state index contributed by atoms with van der Waals surface area (Å²) in [6.07, 6.45) is -2.93. The molecule has 0 saturated carbocycles. The number of halogens is 3. The van der Waals surface area contributed by atoms with E-state index in [1.807, 2.05) is 6.92 Å². The first-order valence-corrected chi connectivity index (χ1v) is 9.22. The van der Waals surface area contributed by atoms with E-state index in [2.05, 4.69) is 15.5 Å². The molecule has 2 aromatic heterocycles. The van der Waals surface area contributed by atoms with E-state index in [0.29, 0.717) is 16.5 Å². The van der Waals surface area contributed by atoms with Crippen molar-refractivity contribution in [2.24, 2.45) is 0 Å². The number of nitrogens with zero attached hydrogens (tertiary/aromatic N) is 2. The van der Waals surface area contributed by atoms with E-state index >= 15 is 0 Å². The van der Waals surface area contributed by atoms with Gasteiger partial charge in [-0.3, -0.25) is 4.79 Å². The highest BCUT2D eigenvalue weighted by Gasteiger charge is 2.30. The lowest BCUT2D eigenvalue weighted by atomic mass is 10.2. The number of nitrogens with one attached hydrogen (secondary N) is 1. The minimum atomic E-state index is -4.48. The summed E-state index contributed by atoms with van der Waals surface area (Å²) in [5, 5.41) is 6.86. The number of thioether (sulfide) groups is 1. The fraction of sp³-hybridized carbons (Fsp3) is 0.211. The molecular weight excluding hydrogens is 391 g/mol. The average molecular weight is 407 g/mol. The molecule has 0 saturated heterocycles. The summed E-state index contributed by atoms with van der Waals surface area (Å²) in [5.41, 5.74) is 1.18. The van der Waals surface area contributed by atoms with Gasteiger partial charge in [-0.15, -0.1) is 11.8 Å². The van der Waals surface area contributed by atoms with Gasteiger partial charge in [-0.25, -0.2) is 4.98 Å². The van der Waals surface area contributed by atoms with Gasteiger partial charge >= 0.3 is 6.18 Å². The number of aryl methyl sites for hydroxylation is 2. The molecule has 0 aliphatic rings. The van der Waals surface area contributed by atoms with Crippen LogP contribution in [0.1, 0.15) is 32.9 Å². The third-order valence-electron chi connectivity index (χ3n) is 4.00. The Bertz CT molecular complexity index is 983. The molecule has 0 aliphatic heterocycles. The van der Waals surface area contributed by atoms with Gasteiger partial charge in [-0.2, -0.15) is 13.2 Å². The van der Waals surface area contributed by atoms with E-state index in [1.165, 1.54) is 23.9 Å². The fourth-order valence-electron chi connectivity index (χ4n) is 2.50. The molecule has 1 aromatic carbocycles. The van der Waals surface area contributed by atoms with E-state index in [4.69, 9.17) is 4.52 Å². The number of rotatable bonds is 5. The molecule has 5 nitrogen and oxygen atoms in total. The van der Waals surface area contributed by atoms with E-state index in [1.54, 1.807) is 25.3 Å². The largest absolute Gasteiger partial charge is 0.416 e. The van der Waals surface area contributed by atoms with Crippen LogP contribution in [0.4, 0.5) is 18.9 Å². The van der Waals surface area contributed by atoms with Crippen LogP contribution in [0.3, 0.4) is 0 Å². The molecule has 3 rings (SSSR count). The second-order valence-corrected chi connectivity index (χ2v) is 6.94. The van der Waals surface area contributed by atoms with Crippen LogP contribution in [0, 0.1) is 13.8 Å². The number of alkyl halides is 3. The summed E-state index contributed by atoms with van der Waals surface area (Å²) in [6, 6.07) is 7.66. The Labute approximate surface area is 163 Å². The van der Waals surface area contributed by atoms with Gasteiger partial charge in [0.05, 0.1) is 16.8 Å². The predicted octanol–water partition coefficient (Wildman–Crippen LogP) is 5.25. The average Bonchev–Trinajstić information content (AvgIpc) is 2.97. The predicted molar refractivity (Wildman–Crippen MR) is 99.2 cm³/mol. The van der Waals surface area contributed by atoms with Crippen molar-refractivity contribution in [3.63, 3.8) is 0 Å². The molecule has 1 amide bonds. The van der Waals surface area contributed by atoms with Crippen molar-refractivity contribution < 1.29 is 22.5 Å². The summed E-state index contributed by atoms with van der Waals surface area (Å²) < 4.78 is 43.7. The second-order valence-electron chi connectivity index (χ2n) is 5.98. The Morgan fingerprint density at radius 1 is 1.21 bits per heavy atom. The normalized spacial score (nSPS) is 11.5. The maximum absolute atomic E-state index is 12.9. The maximum Gasteiger partial charge on any atom is 0.416 e. The lowest BCUT2D eigenvalue weighted by Gasteiger charge is -2.11. The quantitative estimate of drug-likeness (QED) is 0.585. The molecule has 2 heterocycles. The van der Waals surface area contributed by atoms with Crippen molar-refractivity contribution in [3.8, 4) is 0 Å². The Kier molecular flexibility index (Phi) is 5.73. The first kappa shape index (κ1) is 19.9. The number of hydrogen-bond donors (Lipinski definition) is 1. The van der Waals surface area contributed by atoms with Gasteiger partial charge < -0.3 is 9.84 Å². The molecule has 0 atom stereocenters. The lowest BCUT2D eigenvalue weighted by molar-refractivity contribution is -0.137. The molecule has 0 bridgehead atoms. The first-order valence-electron chi connectivity index (χ1n) is 8.24. The lowest BCUT2D eigenvalue weighted by Crippen LogP contribution is -2.14. The molecule has 146 valence electrons. The van der Waals surface area contributed by atoms with Crippen molar-refractivity contribution in [3.05, 3.63) is 70.7 Å². The zero-order chi connectivity index (χ0) is 20.3. The molecule has 0 spiro atoms. The van der Waals surface area contributed by atoms with E-state index < -0.39 is 17.6 Å². The molecule has 0 unspecified atom stereocenters. The molecule has 3 aromatic rings. The zero-order valence-electron chi connectivity index (χ0n) is 15.0. The van der Waals surface area contributed by atoms with Crippen LogP contribution in [-0.4, -0.2) is 16.0 Å². The van der Waals surface area contributed by atoms with Gasteiger partial charge in [0, 0.05) is 23.2 Å². The van der Waals surface area contributed by atoms with Crippen molar-refractivity contribution in [1.82, 2.24) is 10.1 Å². The van der Waals surface area contributed by atoms with Crippen molar-refractivity contribution in [1.29, 1.82) is 0 Å². The number of aromatic nitrogens is 2. The molecule has 0 fully saturated rings. The van der Waals surface area contributed by atoms with Gasteiger partial charge in [0.25, 0.3) is 5.91 Å². The SMILES string of the molecule is Cc1noc(C)c1CSc1ncccc1C(=O)Nc1cccc(C(F)(F)F)c1. The van der Waals surface area contributed by atoms with Gasteiger partial charge in [-0.1, -0.05) is 11.2 Å². The third-order valence-corrected chi connectivity index (χ3v) is 5.03. The number of hydrogen-bond acceptors (Lipinski definition) is 5. The number of anilines is 1. The van der Waals surface area contributed by atoms with Crippen LogP contribution in [0.5, 0.6) is 0 Å². The molecular formula is C19H16F3N3O2S. The summed E-state index contributed by atoms with van der Waals surface area (Å²) in [5.74, 6) is 0.659. The zero-order valence-corrected chi connectivity index (χ0v) is 15.8. The Morgan fingerprint density at radius 2 is 2.00 bits per heavy atom. The maximum atomic E-state index is 12.9. The second kappa shape index (κ2) is 8.05. The standard InChI is InChI=1S/C19H16F3N3O2S/c1-11-16(12(2)27-25-11)10-28-18-15(7-4-8-23-18)17(26)24-14-6-3-5-13(9-14)19(20,21)22/h3-9H,10H2,1-2H3,(H,24,26). The number of pyridine rings is 1. The Morgan fingerprint density at radius 3 is 2.68 bits per heavy atom. The van der Waals surface area contributed by atoms with Gasteiger partial charge in [0.15, 0.2) is 0 Å². The van der Waals surface area contributed by atoms with Crippen LogP contribution in [0.15, 0.2) is 52.1 Å². The highest BCUT2D eigenvalue weighted by atomic mass is 32.2. The Balaban J connectivity index is 1.78. The molecule has 0 aliphatic carbocycles. The van der Waals surface area contributed by atoms with E-state index in [0.717, 1.165) is 23.4 Å². The van der Waals surface area contributed by atoms with Crippen LogP contribution in [-0.2, 0) is 11.9 Å². The van der Waals surface area contributed by atoms with Gasteiger partial charge in [-0.05, 0) is 44.2 Å². The van der Waals surface area contributed by atoms with Gasteiger partial charge in [0.1, 0.15) is 10.8 Å². The topological polar surface area (TPSA) is 68.0 Å². The summed E-state index contributed by atoms with van der Waals surface area (Å²) in [6.45, 7) is 3.63. The number of carbonyl (C=O) groups is 1. The monoisotopic (exact) mass is 407 g/mol. The Hall–Kier alpha value is -2.81. The molecule has 1 N–H and O–H groups in total. The third kappa shape index (κ3) is 4.53. The molecule has 0 radical (unpaired) electrons. The van der Waals surface area contributed by atoms with Crippen molar-refractivity contribution in [2.45, 2.75) is 30.8 Å². The first-order chi connectivity index (χ1) is 13.3. The van der Waals surface area contributed by atoms with Crippen molar-refractivity contribution in [2.75, 3.05) is 5.32 Å². The highest BCUT2D eigenvalue weighted by molar-refractivity contribution is 7.98. The number of amides is 1. The summed E-state index contributed by atoms with van der Waals surface area (Å²) in [7, 11) is 0. The number of carbonyl (C=O) groups excluding carboxylic acids is 1. The van der Waals surface area contributed by atoms with E-state index in [9.17, 15) is 18.0 Å². The number of benzene rings is 1. The minimum absolute atomic E-state index is 0.0605. The highest BCUT2D eigenvalue weighted by Crippen LogP contribution is 2.31. The van der Waals surface area contributed by atoms with Crippen LogP contribution in [0.2, 0.25) is 0 Å². The van der Waals surface area contributed by atoms with Crippen molar-refractivity contribution >= 4 is 23.4 Å². The van der Waals surface area contributed by atoms with Gasteiger partial charge in [0.2, 0.25) is 0 Å². The molecule has 9 heteroatoms. The summed E-state index contributed by atoms with van der Waals surface area (Å²) >= 11 is 1.33. The summed E-state index contributed by atoms with van der Waals surface area (Å²) in [4.78, 5) is 16.8. The smallest absolute Gasteiger partial charge is 0.361 e. The minimum Gasteiger partial charge on any atom is -0.361 e. The molecule has 28 heavy (non-hydrogen) atoms. The van der Waals surface area contributed by atoms with Crippen LogP contribution >= 0.6 is 11.8 Å². The van der Waals surface area contributed by atoms with Crippen LogP contribution < -0.4 is 5.32 Å². The fourth-order valence-corrected chi connectivity index (χ4v) is 3.64. The van der Waals surface area contributed by atoms with Crippen LogP contribution in [0.25, 0.3) is 0 Å².